The second-order valence-electron chi connectivity index (χ2n) is 4.47. The zero-order valence-corrected chi connectivity index (χ0v) is 10.7. The van der Waals surface area contributed by atoms with Crippen LogP contribution >= 0.6 is 0 Å². The normalized spacial score (nSPS) is 37.1. The number of rotatable bonds is 3. The van der Waals surface area contributed by atoms with Gasteiger partial charge in [-0.1, -0.05) is 25.9 Å². The minimum absolute atomic E-state index is 0.0273. The van der Waals surface area contributed by atoms with Crippen LogP contribution in [0.3, 0.4) is 0 Å². The third kappa shape index (κ3) is 3.11. The van der Waals surface area contributed by atoms with Crippen LogP contribution in [0.25, 0.3) is 10.4 Å². The highest BCUT2D eigenvalue weighted by atomic mass is 16.7. The number of carbonyl (C=O) groups excluding carboxylic acids is 1. The standard InChI is InChI=1S/C11H19N3O3/c1-5-9-6(2)7(3)10(13-14-12)11(17-9)16-8(4)15/h6-7,9-11H,5H2,1-4H3/t6-,7-,9?,10?,11+/m0/s1. The number of ether oxygens (including phenoxy) is 2. The molecule has 0 N–H and O–H groups in total. The van der Waals surface area contributed by atoms with Crippen molar-refractivity contribution in [2.24, 2.45) is 17.0 Å². The van der Waals surface area contributed by atoms with E-state index in [4.69, 9.17) is 15.0 Å². The maximum atomic E-state index is 11.0. The number of esters is 1. The van der Waals surface area contributed by atoms with Crippen LogP contribution in [0.2, 0.25) is 0 Å². The molecule has 2 unspecified atom stereocenters. The Morgan fingerprint density at radius 3 is 2.59 bits per heavy atom. The van der Waals surface area contributed by atoms with Crippen molar-refractivity contribution in [1.29, 1.82) is 0 Å². The average molecular weight is 241 g/mol. The van der Waals surface area contributed by atoms with E-state index in [-0.39, 0.29) is 17.9 Å². The molecule has 0 radical (unpaired) electrons. The first-order valence-electron chi connectivity index (χ1n) is 5.88. The molecule has 0 aliphatic carbocycles. The molecule has 6 heteroatoms. The molecule has 1 rings (SSSR count). The highest BCUT2D eigenvalue weighted by Crippen LogP contribution is 2.34. The first-order chi connectivity index (χ1) is 8.01. The highest BCUT2D eigenvalue weighted by molar-refractivity contribution is 5.66. The fourth-order valence-corrected chi connectivity index (χ4v) is 2.22. The van der Waals surface area contributed by atoms with Crippen LogP contribution in [-0.4, -0.2) is 24.4 Å². The molecule has 1 saturated heterocycles. The predicted molar refractivity (Wildman–Crippen MR) is 62.0 cm³/mol. The van der Waals surface area contributed by atoms with Crippen molar-refractivity contribution in [2.45, 2.75) is 52.6 Å². The molecule has 0 aromatic carbocycles. The minimum atomic E-state index is -0.764. The van der Waals surface area contributed by atoms with Gasteiger partial charge in [0, 0.05) is 11.8 Å². The fraction of sp³-hybridized carbons (Fsp3) is 0.909. The molecule has 1 fully saturated rings. The summed E-state index contributed by atoms with van der Waals surface area (Å²) in [6, 6.07) is -0.457. The summed E-state index contributed by atoms with van der Waals surface area (Å²) in [7, 11) is 0. The lowest BCUT2D eigenvalue weighted by Crippen LogP contribution is -2.49. The second kappa shape index (κ2) is 5.89. The van der Waals surface area contributed by atoms with Crippen molar-refractivity contribution in [3.63, 3.8) is 0 Å². The lowest BCUT2D eigenvalue weighted by Gasteiger charge is -2.42. The SMILES string of the molecule is CCC1O[C@@H](OC(C)=O)C(N=[N+]=[N-])[C@@H](C)[C@@H]1C. The molecule has 0 spiro atoms. The van der Waals surface area contributed by atoms with Crippen LogP contribution in [0, 0.1) is 11.8 Å². The second-order valence-corrected chi connectivity index (χ2v) is 4.47. The zero-order valence-electron chi connectivity index (χ0n) is 10.7. The molecule has 96 valence electrons. The molecule has 0 bridgehead atoms. The first kappa shape index (κ1) is 13.8. The number of nitrogens with zero attached hydrogens (tertiary/aromatic N) is 3. The van der Waals surface area contributed by atoms with Crippen molar-refractivity contribution >= 4 is 5.97 Å². The molecule has 1 heterocycles. The molecule has 1 aliphatic rings. The molecule has 0 aromatic heterocycles. The van der Waals surface area contributed by atoms with Crippen molar-refractivity contribution in [2.75, 3.05) is 0 Å². The minimum Gasteiger partial charge on any atom is -0.435 e. The highest BCUT2D eigenvalue weighted by Gasteiger charge is 2.41. The molecule has 17 heavy (non-hydrogen) atoms. The lowest BCUT2D eigenvalue weighted by molar-refractivity contribution is -0.226. The van der Waals surface area contributed by atoms with Gasteiger partial charge in [0.2, 0.25) is 6.29 Å². The van der Waals surface area contributed by atoms with Gasteiger partial charge in [0.1, 0.15) is 6.04 Å². The van der Waals surface area contributed by atoms with E-state index in [0.29, 0.717) is 0 Å². The van der Waals surface area contributed by atoms with Gasteiger partial charge < -0.3 is 9.47 Å². The van der Waals surface area contributed by atoms with Gasteiger partial charge in [-0.05, 0) is 23.8 Å². The Kier molecular flexibility index (Phi) is 4.78. The van der Waals surface area contributed by atoms with Gasteiger partial charge in [-0.2, -0.15) is 0 Å². The van der Waals surface area contributed by atoms with Gasteiger partial charge in [-0.3, -0.25) is 4.79 Å². The summed E-state index contributed by atoms with van der Waals surface area (Å²) in [5.74, 6) is -0.0407. The third-order valence-electron chi connectivity index (χ3n) is 3.41. The summed E-state index contributed by atoms with van der Waals surface area (Å²) < 4.78 is 10.8. The Labute approximate surface area is 101 Å². The molecule has 0 saturated carbocycles. The first-order valence-corrected chi connectivity index (χ1v) is 5.88. The molecule has 0 amide bonds. The molecule has 6 nitrogen and oxygen atoms in total. The van der Waals surface area contributed by atoms with Gasteiger partial charge >= 0.3 is 5.97 Å². The van der Waals surface area contributed by atoms with Gasteiger partial charge in [-0.25, -0.2) is 0 Å². The Bertz CT molecular complexity index is 328. The number of hydrogen-bond donors (Lipinski definition) is 0. The summed E-state index contributed by atoms with van der Waals surface area (Å²) in [6.45, 7) is 7.39. The van der Waals surface area contributed by atoms with E-state index in [0.717, 1.165) is 6.42 Å². The predicted octanol–water partition coefficient (Wildman–Crippen LogP) is 2.64. The topological polar surface area (TPSA) is 84.3 Å². The smallest absolute Gasteiger partial charge is 0.304 e. The van der Waals surface area contributed by atoms with Gasteiger partial charge in [0.15, 0.2) is 0 Å². The van der Waals surface area contributed by atoms with Gasteiger partial charge in [-0.15, -0.1) is 0 Å². The molecule has 5 atom stereocenters. The Morgan fingerprint density at radius 2 is 2.12 bits per heavy atom. The maximum Gasteiger partial charge on any atom is 0.304 e. The number of azide groups is 1. The molecule has 1 aliphatic heterocycles. The van der Waals surface area contributed by atoms with Crippen LogP contribution < -0.4 is 0 Å². The summed E-state index contributed by atoms with van der Waals surface area (Å²) in [5.41, 5.74) is 8.56. The monoisotopic (exact) mass is 241 g/mol. The van der Waals surface area contributed by atoms with Crippen molar-refractivity contribution < 1.29 is 14.3 Å². The number of hydrogen-bond acceptors (Lipinski definition) is 4. The van der Waals surface area contributed by atoms with E-state index in [1.165, 1.54) is 6.92 Å². The van der Waals surface area contributed by atoms with Crippen LogP contribution in [0.15, 0.2) is 5.11 Å². The van der Waals surface area contributed by atoms with E-state index >= 15 is 0 Å². The van der Waals surface area contributed by atoms with E-state index in [1.54, 1.807) is 0 Å². The van der Waals surface area contributed by atoms with Crippen molar-refractivity contribution in [1.82, 2.24) is 0 Å². The largest absolute Gasteiger partial charge is 0.435 e. The lowest BCUT2D eigenvalue weighted by atomic mass is 9.81. The maximum absolute atomic E-state index is 11.0. The molecular weight excluding hydrogens is 222 g/mol. The van der Waals surface area contributed by atoms with E-state index < -0.39 is 18.3 Å². The van der Waals surface area contributed by atoms with Crippen LogP contribution in [0.5, 0.6) is 0 Å². The Balaban J connectivity index is 2.89. The van der Waals surface area contributed by atoms with Crippen molar-refractivity contribution in [3.05, 3.63) is 10.4 Å². The number of carbonyl (C=O) groups is 1. The Morgan fingerprint density at radius 1 is 1.47 bits per heavy atom. The average Bonchev–Trinajstić information content (AvgIpc) is 2.27. The van der Waals surface area contributed by atoms with Crippen LogP contribution in [0.4, 0.5) is 0 Å². The van der Waals surface area contributed by atoms with Crippen molar-refractivity contribution in [3.8, 4) is 0 Å². The molecule has 0 aromatic rings. The summed E-state index contributed by atoms with van der Waals surface area (Å²) >= 11 is 0. The van der Waals surface area contributed by atoms with E-state index in [1.807, 2.05) is 13.8 Å². The third-order valence-corrected chi connectivity index (χ3v) is 3.41. The quantitative estimate of drug-likeness (QED) is 0.329. The van der Waals surface area contributed by atoms with Gasteiger partial charge in [0.05, 0.1) is 6.10 Å². The van der Waals surface area contributed by atoms with Crippen LogP contribution in [0.1, 0.15) is 34.1 Å². The van der Waals surface area contributed by atoms with Gasteiger partial charge in [0.25, 0.3) is 0 Å². The fourth-order valence-electron chi connectivity index (χ4n) is 2.22. The summed E-state index contributed by atoms with van der Waals surface area (Å²) in [4.78, 5) is 13.8. The van der Waals surface area contributed by atoms with E-state index in [2.05, 4.69) is 16.9 Å². The Hall–Kier alpha value is -1.26. The summed E-state index contributed by atoms with van der Waals surface area (Å²) in [6.07, 6.45) is 0.103. The zero-order chi connectivity index (χ0) is 13.0. The molecular formula is C11H19N3O3. The van der Waals surface area contributed by atoms with E-state index in [9.17, 15) is 4.79 Å². The summed E-state index contributed by atoms with van der Waals surface area (Å²) in [5, 5.41) is 3.70. The van der Waals surface area contributed by atoms with Crippen LogP contribution in [-0.2, 0) is 14.3 Å².